The molecule has 0 bridgehead atoms. The van der Waals surface area contributed by atoms with E-state index in [1.165, 1.54) is 12.1 Å². The Morgan fingerprint density at radius 1 is 1.00 bits per heavy atom. The molecular weight excluding hydrogens is 267 g/mol. The lowest BCUT2D eigenvalue weighted by molar-refractivity contribution is -0.138. The second kappa shape index (κ2) is 5.86. The predicted octanol–water partition coefficient (Wildman–Crippen LogP) is 4.33. The van der Waals surface area contributed by atoms with E-state index in [1.807, 2.05) is 0 Å². The molecule has 106 valence electrons. The monoisotopic (exact) mass is 281 g/mol. The van der Waals surface area contributed by atoms with Gasteiger partial charge in [0.1, 0.15) is 12.4 Å². The highest BCUT2D eigenvalue weighted by molar-refractivity contribution is 5.45. The van der Waals surface area contributed by atoms with Gasteiger partial charge in [0, 0.05) is 18.3 Å². The fraction of sp³-hybridized carbons (Fsp3) is 0.200. The van der Waals surface area contributed by atoms with Crippen molar-refractivity contribution in [1.82, 2.24) is 0 Å². The summed E-state index contributed by atoms with van der Waals surface area (Å²) in [5, 5.41) is 2.95. The molecule has 0 aliphatic rings. The minimum atomic E-state index is -4.37. The molecule has 0 aliphatic carbocycles. The summed E-state index contributed by atoms with van der Waals surface area (Å²) in [6.45, 7) is -0.116. The van der Waals surface area contributed by atoms with Crippen molar-refractivity contribution in [3.05, 3.63) is 59.7 Å². The third-order valence-corrected chi connectivity index (χ3v) is 2.86. The van der Waals surface area contributed by atoms with Gasteiger partial charge in [-0.25, -0.2) is 0 Å². The molecular formula is C15H14F3NO. The summed E-state index contributed by atoms with van der Waals surface area (Å²) in [6, 6.07) is 12.4. The molecule has 0 radical (unpaired) electrons. The lowest BCUT2D eigenvalue weighted by Gasteiger charge is -2.13. The normalized spacial score (nSPS) is 11.2. The fourth-order valence-corrected chi connectivity index (χ4v) is 1.80. The van der Waals surface area contributed by atoms with Crippen LogP contribution in [0.2, 0.25) is 0 Å². The highest BCUT2D eigenvalue weighted by Gasteiger charge is 2.32. The molecule has 0 unspecified atom stereocenters. The molecule has 20 heavy (non-hydrogen) atoms. The van der Waals surface area contributed by atoms with Crippen molar-refractivity contribution in [2.45, 2.75) is 12.8 Å². The molecule has 0 fully saturated rings. The highest BCUT2D eigenvalue weighted by Crippen LogP contribution is 2.32. The Bertz CT molecular complexity index is 564. The van der Waals surface area contributed by atoms with Crippen LogP contribution in [0.5, 0.6) is 5.75 Å². The van der Waals surface area contributed by atoms with Gasteiger partial charge >= 0.3 is 6.18 Å². The molecule has 2 aromatic carbocycles. The molecule has 0 heterocycles. The lowest BCUT2D eigenvalue weighted by Crippen LogP contribution is -2.10. The van der Waals surface area contributed by atoms with Crippen LogP contribution in [-0.2, 0) is 12.8 Å². The largest absolute Gasteiger partial charge is 0.489 e. The second-order valence-corrected chi connectivity index (χ2v) is 4.22. The van der Waals surface area contributed by atoms with Crippen molar-refractivity contribution in [2.75, 3.05) is 12.4 Å². The molecule has 0 atom stereocenters. The van der Waals surface area contributed by atoms with E-state index in [0.29, 0.717) is 5.75 Å². The maximum absolute atomic E-state index is 12.8. The standard InChI is InChI=1S/C15H14F3NO/c1-19-12-6-8-13(9-7-12)20-10-11-4-2-3-5-14(11)15(16,17)18/h2-9,19H,10H2,1H3. The molecule has 1 N–H and O–H groups in total. The number of anilines is 1. The quantitative estimate of drug-likeness (QED) is 0.900. The van der Waals surface area contributed by atoms with Crippen molar-refractivity contribution in [3.63, 3.8) is 0 Å². The van der Waals surface area contributed by atoms with Crippen LogP contribution < -0.4 is 10.1 Å². The highest BCUT2D eigenvalue weighted by atomic mass is 19.4. The predicted molar refractivity (Wildman–Crippen MR) is 71.8 cm³/mol. The summed E-state index contributed by atoms with van der Waals surface area (Å²) in [5.74, 6) is 0.529. The minimum absolute atomic E-state index is 0.116. The average Bonchev–Trinajstić information content (AvgIpc) is 2.45. The molecule has 0 amide bonds. The number of hydrogen-bond donors (Lipinski definition) is 1. The summed E-state index contributed by atoms with van der Waals surface area (Å²) in [5.41, 5.74) is 0.373. The topological polar surface area (TPSA) is 21.3 Å². The van der Waals surface area contributed by atoms with Gasteiger partial charge in [0.2, 0.25) is 0 Å². The van der Waals surface area contributed by atoms with E-state index in [4.69, 9.17) is 4.74 Å². The van der Waals surface area contributed by atoms with Crippen LogP contribution in [-0.4, -0.2) is 7.05 Å². The maximum Gasteiger partial charge on any atom is 0.416 e. The smallest absolute Gasteiger partial charge is 0.416 e. The first-order valence-corrected chi connectivity index (χ1v) is 6.06. The zero-order chi connectivity index (χ0) is 14.6. The lowest BCUT2D eigenvalue weighted by atomic mass is 10.1. The van der Waals surface area contributed by atoms with Crippen LogP contribution in [0.15, 0.2) is 48.5 Å². The number of nitrogens with one attached hydrogen (secondary N) is 1. The van der Waals surface area contributed by atoms with Crippen molar-refractivity contribution in [2.24, 2.45) is 0 Å². The Balaban J connectivity index is 2.10. The third-order valence-electron chi connectivity index (χ3n) is 2.86. The molecule has 2 nitrogen and oxygen atoms in total. The molecule has 2 aromatic rings. The molecule has 0 spiro atoms. The van der Waals surface area contributed by atoms with Crippen LogP contribution in [0.4, 0.5) is 18.9 Å². The van der Waals surface area contributed by atoms with Crippen molar-refractivity contribution in [3.8, 4) is 5.75 Å². The number of benzene rings is 2. The molecule has 5 heteroatoms. The van der Waals surface area contributed by atoms with Crippen molar-refractivity contribution >= 4 is 5.69 Å². The van der Waals surface area contributed by atoms with E-state index in [9.17, 15) is 13.2 Å². The van der Waals surface area contributed by atoms with Crippen molar-refractivity contribution < 1.29 is 17.9 Å². The Morgan fingerprint density at radius 2 is 1.65 bits per heavy atom. The van der Waals surface area contributed by atoms with E-state index in [0.717, 1.165) is 11.8 Å². The summed E-state index contributed by atoms with van der Waals surface area (Å²) in [4.78, 5) is 0. The first-order valence-electron chi connectivity index (χ1n) is 6.06. The first-order chi connectivity index (χ1) is 9.50. The second-order valence-electron chi connectivity index (χ2n) is 4.22. The van der Waals surface area contributed by atoms with Crippen LogP contribution in [0.3, 0.4) is 0 Å². The number of ether oxygens (including phenoxy) is 1. The molecule has 0 aliphatic heterocycles. The zero-order valence-corrected chi connectivity index (χ0v) is 10.9. The van der Waals surface area contributed by atoms with Crippen molar-refractivity contribution in [1.29, 1.82) is 0 Å². The van der Waals surface area contributed by atoms with Gasteiger partial charge in [0.25, 0.3) is 0 Å². The SMILES string of the molecule is CNc1ccc(OCc2ccccc2C(F)(F)F)cc1. The molecule has 0 saturated heterocycles. The van der Waals surface area contributed by atoms with Gasteiger partial charge in [-0.1, -0.05) is 18.2 Å². The summed E-state index contributed by atoms with van der Waals surface area (Å²) < 4.78 is 43.8. The molecule has 0 saturated carbocycles. The minimum Gasteiger partial charge on any atom is -0.489 e. The Morgan fingerprint density at radius 3 is 2.25 bits per heavy atom. The summed E-state index contributed by atoms with van der Waals surface area (Å²) >= 11 is 0. The number of rotatable bonds is 4. The van der Waals surface area contributed by atoms with Gasteiger partial charge in [-0.15, -0.1) is 0 Å². The maximum atomic E-state index is 12.8. The van der Waals surface area contributed by atoms with Gasteiger partial charge in [-0.3, -0.25) is 0 Å². The van der Waals surface area contributed by atoms with Crippen LogP contribution in [0, 0.1) is 0 Å². The van der Waals surface area contributed by atoms with E-state index < -0.39 is 11.7 Å². The van der Waals surface area contributed by atoms with Gasteiger partial charge in [-0.05, 0) is 30.3 Å². The number of hydrogen-bond acceptors (Lipinski definition) is 2. The van der Waals surface area contributed by atoms with Gasteiger partial charge in [0.05, 0.1) is 5.56 Å². The van der Waals surface area contributed by atoms with E-state index in [2.05, 4.69) is 5.32 Å². The zero-order valence-electron chi connectivity index (χ0n) is 10.9. The fourth-order valence-electron chi connectivity index (χ4n) is 1.80. The van der Waals surface area contributed by atoms with E-state index in [1.54, 1.807) is 37.4 Å². The number of halogens is 3. The van der Waals surface area contributed by atoms with Gasteiger partial charge in [-0.2, -0.15) is 13.2 Å². The van der Waals surface area contributed by atoms with Crippen LogP contribution in [0.25, 0.3) is 0 Å². The Kier molecular flexibility index (Phi) is 4.17. The number of alkyl halides is 3. The Labute approximate surface area is 115 Å². The average molecular weight is 281 g/mol. The van der Waals surface area contributed by atoms with E-state index >= 15 is 0 Å². The van der Waals surface area contributed by atoms with Gasteiger partial charge < -0.3 is 10.1 Å². The van der Waals surface area contributed by atoms with Gasteiger partial charge in [0.15, 0.2) is 0 Å². The van der Waals surface area contributed by atoms with E-state index in [-0.39, 0.29) is 12.2 Å². The Hall–Kier alpha value is -2.17. The molecule has 2 rings (SSSR count). The van der Waals surface area contributed by atoms with Crippen LogP contribution >= 0.6 is 0 Å². The summed E-state index contributed by atoms with van der Waals surface area (Å²) in [6.07, 6.45) is -4.37. The molecule has 0 aromatic heterocycles. The summed E-state index contributed by atoms with van der Waals surface area (Å²) in [7, 11) is 1.79. The van der Waals surface area contributed by atoms with Crippen LogP contribution in [0.1, 0.15) is 11.1 Å². The third kappa shape index (κ3) is 3.44. The first kappa shape index (κ1) is 14.2.